The highest BCUT2D eigenvalue weighted by Gasteiger charge is 2.27. The molecule has 0 spiro atoms. The van der Waals surface area contributed by atoms with Gasteiger partial charge in [0.25, 0.3) is 0 Å². The summed E-state index contributed by atoms with van der Waals surface area (Å²) >= 11 is 0. The van der Waals surface area contributed by atoms with E-state index in [0.29, 0.717) is 12.0 Å². The smallest absolute Gasteiger partial charge is 0.309 e. The average Bonchev–Trinajstić information content (AvgIpc) is 2.17. The van der Waals surface area contributed by atoms with Gasteiger partial charge < -0.3 is 10.8 Å². The zero-order chi connectivity index (χ0) is 12.3. The molecule has 0 aliphatic carbocycles. The number of hydrogen-bond acceptors (Lipinski definition) is 2. The van der Waals surface area contributed by atoms with Gasteiger partial charge >= 0.3 is 5.97 Å². The van der Waals surface area contributed by atoms with Crippen LogP contribution in [-0.4, -0.2) is 17.0 Å². The van der Waals surface area contributed by atoms with Crippen LogP contribution in [0.4, 0.5) is 0 Å². The van der Waals surface area contributed by atoms with E-state index >= 15 is 0 Å². The van der Waals surface area contributed by atoms with E-state index in [2.05, 4.69) is 0 Å². The van der Waals surface area contributed by atoms with Crippen LogP contribution >= 0.6 is 0 Å². The minimum absolute atomic E-state index is 0.418. The van der Waals surface area contributed by atoms with Crippen molar-refractivity contribution in [2.24, 2.45) is 11.1 Å². The number of carboxylic acid groups (broad SMARTS) is 1. The number of nitrogens with two attached hydrogens (primary N) is 1. The molecule has 4 nitrogen and oxygen atoms in total. The summed E-state index contributed by atoms with van der Waals surface area (Å²) in [6.07, 6.45) is 0.418. The van der Waals surface area contributed by atoms with E-state index in [9.17, 15) is 9.59 Å². The van der Waals surface area contributed by atoms with E-state index in [-0.39, 0.29) is 0 Å². The molecule has 4 heteroatoms. The van der Waals surface area contributed by atoms with Gasteiger partial charge in [0.1, 0.15) is 0 Å². The first-order chi connectivity index (χ1) is 7.33. The highest BCUT2D eigenvalue weighted by Crippen LogP contribution is 2.22. The van der Waals surface area contributed by atoms with Gasteiger partial charge in [0.15, 0.2) is 0 Å². The van der Waals surface area contributed by atoms with Gasteiger partial charge in [-0.25, -0.2) is 0 Å². The topological polar surface area (TPSA) is 80.4 Å². The number of rotatable bonds is 4. The number of amides is 1. The minimum atomic E-state index is -0.841. The molecular weight excluding hydrogens is 206 g/mol. The highest BCUT2D eigenvalue weighted by molar-refractivity contribution is 5.92. The first-order valence-corrected chi connectivity index (χ1v) is 4.95. The van der Waals surface area contributed by atoms with Crippen molar-refractivity contribution >= 4 is 11.9 Å². The minimum Gasteiger partial charge on any atom is -0.481 e. The largest absolute Gasteiger partial charge is 0.481 e. The van der Waals surface area contributed by atoms with E-state index in [1.807, 2.05) is 0 Å². The number of carbonyl (C=O) groups is 2. The van der Waals surface area contributed by atoms with Crippen molar-refractivity contribution in [3.63, 3.8) is 0 Å². The summed E-state index contributed by atoms with van der Waals surface area (Å²) in [4.78, 5) is 21.8. The lowest BCUT2D eigenvalue weighted by molar-refractivity contribution is -0.146. The third-order valence-corrected chi connectivity index (χ3v) is 2.46. The summed E-state index contributed by atoms with van der Waals surface area (Å²) in [6, 6.07) is 6.67. The molecule has 3 N–H and O–H groups in total. The van der Waals surface area contributed by atoms with E-state index < -0.39 is 17.3 Å². The Labute approximate surface area is 94.1 Å². The van der Waals surface area contributed by atoms with Crippen LogP contribution in [0.5, 0.6) is 0 Å². The SMILES string of the molecule is CC(C)(Cc1ccc(C(N)=O)cc1)C(=O)O. The van der Waals surface area contributed by atoms with Crippen LogP contribution in [-0.2, 0) is 11.2 Å². The molecule has 1 amide bonds. The van der Waals surface area contributed by atoms with Crippen LogP contribution in [0.1, 0.15) is 29.8 Å². The normalized spacial score (nSPS) is 11.1. The number of carboxylic acids is 1. The Morgan fingerprint density at radius 2 is 1.75 bits per heavy atom. The molecule has 1 aromatic rings. The monoisotopic (exact) mass is 221 g/mol. The molecule has 0 unspecified atom stereocenters. The van der Waals surface area contributed by atoms with Crippen LogP contribution in [0, 0.1) is 5.41 Å². The molecule has 16 heavy (non-hydrogen) atoms. The van der Waals surface area contributed by atoms with Gasteiger partial charge in [0.05, 0.1) is 5.41 Å². The summed E-state index contributed by atoms with van der Waals surface area (Å²) in [7, 11) is 0. The van der Waals surface area contributed by atoms with Crippen molar-refractivity contribution in [1.29, 1.82) is 0 Å². The van der Waals surface area contributed by atoms with Gasteiger partial charge in [-0.1, -0.05) is 12.1 Å². The van der Waals surface area contributed by atoms with Crippen molar-refractivity contribution in [3.8, 4) is 0 Å². The molecule has 0 radical (unpaired) electrons. The molecule has 1 rings (SSSR count). The Hall–Kier alpha value is -1.84. The number of carbonyl (C=O) groups excluding carboxylic acids is 1. The molecule has 0 aliphatic heterocycles. The van der Waals surface area contributed by atoms with E-state index in [1.165, 1.54) is 0 Å². The second kappa shape index (κ2) is 4.35. The fourth-order valence-corrected chi connectivity index (χ4v) is 1.37. The maximum atomic E-state index is 10.9. The summed E-state index contributed by atoms with van der Waals surface area (Å²) in [5.41, 5.74) is 5.60. The molecule has 0 atom stereocenters. The van der Waals surface area contributed by atoms with Gasteiger partial charge in [0.2, 0.25) is 5.91 Å². The molecule has 0 heterocycles. The third kappa shape index (κ3) is 2.82. The zero-order valence-electron chi connectivity index (χ0n) is 9.36. The van der Waals surface area contributed by atoms with E-state index in [0.717, 1.165) is 5.56 Å². The predicted molar refractivity (Wildman–Crippen MR) is 60.1 cm³/mol. The number of benzene rings is 1. The quantitative estimate of drug-likeness (QED) is 0.807. The average molecular weight is 221 g/mol. The van der Waals surface area contributed by atoms with Gasteiger partial charge in [-0.3, -0.25) is 9.59 Å². The number of hydrogen-bond donors (Lipinski definition) is 2. The van der Waals surface area contributed by atoms with Crippen LogP contribution in [0.2, 0.25) is 0 Å². The van der Waals surface area contributed by atoms with Gasteiger partial charge in [0, 0.05) is 5.56 Å². The number of aliphatic carboxylic acids is 1. The van der Waals surface area contributed by atoms with Gasteiger partial charge in [-0.2, -0.15) is 0 Å². The molecule has 0 aromatic heterocycles. The van der Waals surface area contributed by atoms with E-state index in [4.69, 9.17) is 10.8 Å². The lowest BCUT2D eigenvalue weighted by Gasteiger charge is -2.18. The predicted octanol–water partition coefficient (Wildman–Crippen LogP) is 1.44. The van der Waals surface area contributed by atoms with Crippen molar-refractivity contribution in [1.82, 2.24) is 0 Å². The molecule has 0 fully saturated rings. The molecule has 1 aromatic carbocycles. The summed E-state index contributed by atoms with van der Waals surface area (Å²) < 4.78 is 0. The maximum absolute atomic E-state index is 10.9. The summed E-state index contributed by atoms with van der Waals surface area (Å²) in [5.74, 6) is -1.32. The standard InChI is InChI=1S/C12H15NO3/c1-12(2,11(15)16)7-8-3-5-9(6-4-8)10(13)14/h3-6H,7H2,1-2H3,(H2,13,14)(H,15,16). The fraction of sp³-hybridized carbons (Fsp3) is 0.333. The molecule has 0 bridgehead atoms. The third-order valence-electron chi connectivity index (χ3n) is 2.46. The second-order valence-corrected chi connectivity index (χ2v) is 4.43. The van der Waals surface area contributed by atoms with Crippen molar-refractivity contribution in [2.75, 3.05) is 0 Å². The summed E-state index contributed by atoms with van der Waals surface area (Å²) in [5, 5.41) is 8.97. The van der Waals surface area contributed by atoms with Crippen molar-refractivity contribution in [3.05, 3.63) is 35.4 Å². The maximum Gasteiger partial charge on any atom is 0.309 e. The zero-order valence-corrected chi connectivity index (χ0v) is 9.36. The first-order valence-electron chi connectivity index (χ1n) is 4.95. The van der Waals surface area contributed by atoms with Crippen LogP contribution < -0.4 is 5.73 Å². The Bertz CT molecular complexity index is 407. The highest BCUT2D eigenvalue weighted by atomic mass is 16.4. The number of primary amides is 1. The Balaban J connectivity index is 2.84. The van der Waals surface area contributed by atoms with Crippen LogP contribution in [0.3, 0.4) is 0 Å². The lowest BCUT2D eigenvalue weighted by atomic mass is 9.86. The molecule has 0 aliphatic rings. The molecular formula is C12H15NO3. The van der Waals surface area contributed by atoms with E-state index in [1.54, 1.807) is 38.1 Å². The Morgan fingerprint density at radius 3 is 2.12 bits per heavy atom. The Morgan fingerprint density at radius 1 is 1.25 bits per heavy atom. The second-order valence-electron chi connectivity index (χ2n) is 4.43. The van der Waals surface area contributed by atoms with Crippen molar-refractivity contribution in [2.45, 2.75) is 20.3 Å². The first kappa shape index (κ1) is 12.2. The molecule has 86 valence electrons. The fourth-order valence-electron chi connectivity index (χ4n) is 1.37. The van der Waals surface area contributed by atoms with Crippen LogP contribution in [0.25, 0.3) is 0 Å². The Kier molecular flexibility index (Phi) is 3.32. The lowest BCUT2D eigenvalue weighted by Crippen LogP contribution is -2.26. The summed E-state index contributed by atoms with van der Waals surface area (Å²) in [6.45, 7) is 3.33. The van der Waals surface area contributed by atoms with Gasteiger partial charge in [-0.05, 0) is 38.0 Å². The van der Waals surface area contributed by atoms with Gasteiger partial charge in [-0.15, -0.1) is 0 Å². The van der Waals surface area contributed by atoms with Crippen molar-refractivity contribution < 1.29 is 14.7 Å². The molecule has 0 saturated heterocycles. The van der Waals surface area contributed by atoms with Crippen LogP contribution in [0.15, 0.2) is 24.3 Å². The molecule has 0 saturated carbocycles.